The Bertz CT molecular complexity index is 478. The largest absolute Gasteiger partial charge is 0.321 e. The second kappa shape index (κ2) is 5.54. The van der Waals surface area contributed by atoms with Crippen molar-refractivity contribution in [2.75, 3.05) is 11.9 Å². The molecule has 1 fully saturated rings. The number of halogens is 3. The Morgan fingerprint density at radius 1 is 1.42 bits per heavy atom. The highest BCUT2D eigenvalue weighted by atomic mass is 79.9. The molecule has 0 aliphatic carbocycles. The van der Waals surface area contributed by atoms with E-state index in [1.54, 1.807) is 6.92 Å². The van der Waals surface area contributed by atoms with Crippen molar-refractivity contribution in [3.63, 3.8) is 0 Å². The van der Waals surface area contributed by atoms with Gasteiger partial charge in [0.05, 0.1) is 11.2 Å². The van der Waals surface area contributed by atoms with Crippen molar-refractivity contribution in [2.24, 2.45) is 0 Å². The normalized spacial score (nSPS) is 23.2. The van der Waals surface area contributed by atoms with Crippen molar-refractivity contribution in [3.8, 4) is 0 Å². The standard InChI is InChI=1S/C13H15BrF2N2O/c1-13(4-2-3-5-17-13)12(19)18-11-9(14)6-8(15)7-10(11)16/h6-7,17H,2-5H2,1H3,(H,18,19). The van der Waals surface area contributed by atoms with E-state index >= 15 is 0 Å². The average molecular weight is 333 g/mol. The minimum Gasteiger partial charge on any atom is -0.321 e. The summed E-state index contributed by atoms with van der Waals surface area (Å²) in [5.41, 5.74) is -0.738. The molecule has 0 aromatic heterocycles. The van der Waals surface area contributed by atoms with Crippen LogP contribution in [-0.4, -0.2) is 18.0 Å². The highest BCUT2D eigenvalue weighted by Gasteiger charge is 2.34. The Morgan fingerprint density at radius 2 is 2.16 bits per heavy atom. The molecule has 2 N–H and O–H groups in total. The van der Waals surface area contributed by atoms with Crippen LogP contribution in [0.25, 0.3) is 0 Å². The van der Waals surface area contributed by atoms with Gasteiger partial charge in [0.25, 0.3) is 0 Å². The van der Waals surface area contributed by atoms with Gasteiger partial charge < -0.3 is 10.6 Å². The first kappa shape index (κ1) is 14.4. The number of rotatable bonds is 2. The molecule has 0 saturated carbocycles. The first-order valence-corrected chi connectivity index (χ1v) is 6.93. The minimum absolute atomic E-state index is 0.0278. The number of hydrogen-bond acceptors (Lipinski definition) is 2. The lowest BCUT2D eigenvalue weighted by Gasteiger charge is -2.33. The lowest BCUT2D eigenvalue weighted by Crippen LogP contribution is -2.54. The lowest BCUT2D eigenvalue weighted by atomic mass is 9.90. The van der Waals surface area contributed by atoms with Gasteiger partial charge >= 0.3 is 0 Å². The Morgan fingerprint density at radius 3 is 2.74 bits per heavy atom. The van der Waals surface area contributed by atoms with Gasteiger partial charge in [0.2, 0.25) is 5.91 Å². The highest BCUT2D eigenvalue weighted by molar-refractivity contribution is 9.10. The second-order valence-electron chi connectivity index (χ2n) is 4.91. The minimum atomic E-state index is -0.792. The van der Waals surface area contributed by atoms with E-state index in [1.165, 1.54) is 0 Å². The van der Waals surface area contributed by atoms with Crippen molar-refractivity contribution in [1.82, 2.24) is 5.32 Å². The fourth-order valence-electron chi connectivity index (χ4n) is 2.16. The van der Waals surface area contributed by atoms with E-state index in [2.05, 4.69) is 26.6 Å². The van der Waals surface area contributed by atoms with Gasteiger partial charge in [0, 0.05) is 10.5 Å². The summed E-state index contributed by atoms with van der Waals surface area (Å²) >= 11 is 3.05. The molecule has 19 heavy (non-hydrogen) atoms. The summed E-state index contributed by atoms with van der Waals surface area (Å²) in [6, 6.07) is 1.87. The predicted molar refractivity (Wildman–Crippen MR) is 72.9 cm³/mol. The molecule has 6 heteroatoms. The molecular formula is C13H15BrF2N2O. The summed E-state index contributed by atoms with van der Waals surface area (Å²) in [6.45, 7) is 2.55. The van der Waals surface area contributed by atoms with Crippen LogP contribution < -0.4 is 10.6 Å². The van der Waals surface area contributed by atoms with E-state index in [9.17, 15) is 13.6 Å². The van der Waals surface area contributed by atoms with Gasteiger partial charge in [0.1, 0.15) is 5.82 Å². The molecule has 0 bridgehead atoms. The first-order chi connectivity index (χ1) is 8.92. The molecule has 1 saturated heterocycles. The number of amides is 1. The van der Waals surface area contributed by atoms with Crippen LogP contribution in [0.4, 0.5) is 14.5 Å². The monoisotopic (exact) mass is 332 g/mol. The third kappa shape index (κ3) is 3.12. The number of carbonyl (C=O) groups excluding carboxylic acids is 1. The van der Waals surface area contributed by atoms with Crippen LogP contribution in [0.15, 0.2) is 16.6 Å². The molecular weight excluding hydrogens is 318 g/mol. The van der Waals surface area contributed by atoms with E-state index in [0.29, 0.717) is 6.42 Å². The van der Waals surface area contributed by atoms with Crippen LogP contribution in [0.3, 0.4) is 0 Å². The number of carbonyl (C=O) groups is 1. The van der Waals surface area contributed by atoms with Crippen molar-refractivity contribution in [3.05, 3.63) is 28.2 Å². The van der Waals surface area contributed by atoms with E-state index in [1.807, 2.05) is 0 Å². The summed E-state index contributed by atoms with van der Waals surface area (Å²) < 4.78 is 26.8. The third-order valence-electron chi connectivity index (χ3n) is 3.37. The predicted octanol–water partition coefficient (Wildman–Crippen LogP) is 3.20. The fourth-order valence-corrected chi connectivity index (χ4v) is 2.67. The topological polar surface area (TPSA) is 41.1 Å². The molecule has 0 radical (unpaired) electrons. The number of piperidine rings is 1. The maximum Gasteiger partial charge on any atom is 0.244 e. The van der Waals surface area contributed by atoms with Crippen LogP contribution in [0, 0.1) is 11.6 Å². The van der Waals surface area contributed by atoms with Crippen molar-refractivity contribution < 1.29 is 13.6 Å². The number of hydrogen-bond donors (Lipinski definition) is 2. The summed E-state index contributed by atoms with van der Waals surface area (Å²) in [6.07, 6.45) is 2.67. The quantitative estimate of drug-likeness (QED) is 0.873. The molecule has 0 spiro atoms. The molecule has 3 nitrogen and oxygen atoms in total. The summed E-state index contributed by atoms with van der Waals surface area (Å²) in [5, 5.41) is 5.67. The first-order valence-electron chi connectivity index (χ1n) is 6.13. The van der Waals surface area contributed by atoms with Crippen LogP contribution in [0.5, 0.6) is 0 Å². The Kier molecular flexibility index (Phi) is 4.20. The molecule has 1 atom stereocenters. The number of benzene rings is 1. The van der Waals surface area contributed by atoms with Crippen LogP contribution in [-0.2, 0) is 4.79 Å². The Hall–Kier alpha value is -1.01. The Balaban J connectivity index is 2.19. The molecule has 2 rings (SSSR count). The van der Waals surface area contributed by atoms with E-state index in [4.69, 9.17) is 0 Å². The van der Waals surface area contributed by atoms with Crippen LogP contribution in [0.1, 0.15) is 26.2 Å². The number of nitrogens with one attached hydrogen (secondary N) is 2. The SMILES string of the molecule is CC1(C(=O)Nc2c(F)cc(F)cc2Br)CCCCN1. The maximum atomic E-state index is 13.7. The smallest absolute Gasteiger partial charge is 0.244 e. The molecule has 1 amide bonds. The van der Waals surface area contributed by atoms with Gasteiger partial charge in [-0.3, -0.25) is 4.79 Å². The average Bonchev–Trinajstić information content (AvgIpc) is 2.34. The van der Waals surface area contributed by atoms with Crippen molar-refractivity contribution in [2.45, 2.75) is 31.7 Å². The third-order valence-corrected chi connectivity index (χ3v) is 3.99. The zero-order valence-electron chi connectivity index (χ0n) is 10.5. The molecule has 104 valence electrons. The summed E-state index contributed by atoms with van der Waals surface area (Å²) in [4.78, 5) is 12.2. The van der Waals surface area contributed by atoms with Gasteiger partial charge in [-0.05, 0) is 54.7 Å². The Labute approximate surface area is 118 Å². The van der Waals surface area contributed by atoms with Crippen molar-refractivity contribution in [1.29, 1.82) is 0 Å². The van der Waals surface area contributed by atoms with Gasteiger partial charge in [-0.15, -0.1) is 0 Å². The molecule has 1 aromatic carbocycles. The molecule has 1 aliphatic rings. The van der Waals surface area contributed by atoms with Gasteiger partial charge in [0.15, 0.2) is 5.82 Å². The van der Waals surface area contributed by atoms with Gasteiger partial charge in [-0.1, -0.05) is 0 Å². The van der Waals surface area contributed by atoms with Crippen LogP contribution >= 0.6 is 15.9 Å². The molecule has 1 unspecified atom stereocenters. The second-order valence-corrected chi connectivity index (χ2v) is 5.77. The number of anilines is 1. The van der Waals surface area contributed by atoms with Gasteiger partial charge in [-0.2, -0.15) is 0 Å². The summed E-state index contributed by atoms with van der Waals surface area (Å²) in [5.74, 6) is -1.79. The molecule has 1 aliphatic heterocycles. The highest BCUT2D eigenvalue weighted by Crippen LogP contribution is 2.29. The zero-order chi connectivity index (χ0) is 14.0. The maximum absolute atomic E-state index is 13.7. The van der Waals surface area contributed by atoms with Gasteiger partial charge in [-0.25, -0.2) is 8.78 Å². The summed E-state index contributed by atoms with van der Waals surface area (Å²) in [7, 11) is 0. The van der Waals surface area contributed by atoms with E-state index in [-0.39, 0.29) is 16.1 Å². The van der Waals surface area contributed by atoms with E-state index < -0.39 is 17.2 Å². The fraction of sp³-hybridized carbons (Fsp3) is 0.462. The zero-order valence-corrected chi connectivity index (χ0v) is 12.1. The molecule has 1 heterocycles. The van der Waals surface area contributed by atoms with Crippen LogP contribution in [0.2, 0.25) is 0 Å². The molecule has 1 aromatic rings. The van der Waals surface area contributed by atoms with E-state index in [0.717, 1.165) is 31.5 Å². The lowest BCUT2D eigenvalue weighted by molar-refractivity contribution is -0.122. The van der Waals surface area contributed by atoms with Crippen molar-refractivity contribution >= 4 is 27.5 Å².